The topological polar surface area (TPSA) is 48.0 Å². The number of nitrogens with zero attached hydrogens (tertiary/aromatic N) is 1. The second-order valence-electron chi connectivity index (χ2n) is 9.46. The van der Waals surface area contributed by atoms with Crippen LogP contribution >= 0.6 is 11.3 Å². The lowest BCUT2D eigenvalue weighted by Crippen LogP contribution is -2.33. The lowest BCUT2D eigenvalue weighted by Gasteiger charge is -2.26. The van der Waals surface area contributed by atoms with Crippen molar-refractivity contribution >= 4 is 27.2 Å². The maximum Gasteiger partial charge on any atom is 0.195 e. The van der Waals surface area contributed by atoms with E-state index in [4.69, 9.17) is 14.2 Å². The van der Waals surface area contributed by atoms with E-state index in [0.717, 1.165) is 63.0 Å². The van der Waals surface area contributed by atoms with Gasteiger partial charge in [-0.25, -0.2) is 0 Å². The number of carbonyl (C=O) groups is 1. The average molecular weight is 530 g/mol. The fourth-order valence-electron chi connectivity index (χ4n) is 4.95. The first kappa shape index (κ1) is 26.3. The molecule has 1 aromatic heterocycles. The molecule has 3 aromatic carbocycles. The van der Waals surface area contributed by atoms with Crippen LogP contribution in [0.1, 0.15) is 49.0 Å². The molecule has 0 radical (unpaired) electrons. The van der Waals surface area contributed by atoms with E-state index in [1.54, 1.807) is 11.3 Å². The summed E-state index contributed by atoms with van der Waals surface area (Å²) in [5.74, 6) is 2.43. The van der Waals surface area contributed by atoms with Gasteiger partial charge in [-0.2, -0.15) is 0 Å². The zero-order valence-corrected chi connectivity index (χ0v) is 23.0. The molecule has 4 aromatic rings. The molecule has 0 spiro atoms. The van der Waals surface area contributed by atoms with Crippen LogP contribution in [0.5, 0.6) is 17.2 Å². The van der Waals surface area contributed by atoms with Gasteiger partial charge in [-0.15, -0.1) is 11.3 Å². The first-order chi connectivity index (χ1) is 18.7. The third-order valence-electron chi connectivity index (χ3n) is 6.87. The highest BCUT2D eigenvalue weighted by molar-refractivity contribution is 7.22. The molecule has 0 amide bonds. The summed E-state index contributed by atoms with van der Waals surface area (Å²) in [6, 6.07) is 21.5. The number of fused-ring (bicyclic) bond motifs is 1. The van der Waals surface area contributed by atoms with Gasteiger partial charge in [0.25, 0.3) is 0 Å². The Morgan fingerprint density at radius 2 is 1.42 bits per heavy atom. The minimum Gasteiger partial charge on any atom is -0.494 e. The van der Waals surface area contributed by atoms with Crippen molar-refractivity contribution in [3.05, 3.63) is 77.9 Å². The van der Waals surface area contributed by atoms with Crippen LogP contribution in [0, 0.1) is 0 Å². The van der Waals surface area contributed by atoms with Crippen LogP contribution in [0.3, 0.4) is 0 Å². The Morgan fingerprint density at radius 1 is 0.789 bits per heavy atom. The van der Waals surface area contributed by atoms with Crippen molar-refractivity contribution in [3.8, 4) is 27.7 Å². The van der Waals surface area contributed by atoms with E-state index >= 15 is 0 Å². The molecule has 1 aliphatic rings. The number of ether oxygens (including phenoxy) is 3. The van der Waals surface area contributed by atoms with E-state index in [0.29, 0.717) is 25.4 Å². The maximum atomic E-state index is 13.9. The smallest absolute Gasteiger partial charge is 0.195 e. The summed E-state index contributed by atoms with van der Waals surface area (Å²) in [7, 11) is 0. The molecule has 6 heteroatoms. The average Bonchev–Trinajstić information content (AvgIpc) is 3.33. The Balaban J connectivity index is 1.40. The molecule has 0 N–H and O–H groups in total. The van der Waals surface area contributed by atoms with Crippen molar-refractivity contribution in [1.29, 1.82) is 0 Å². The van der Waals surface area contributed by atoms with Gasteiger partial charge < -0.3 is 14.2 Å². The zero-order valence-electron chi connectivity index (χ0n) is 22.2. The lowest BCUT2D eigenvalue weighted by atomic mass is 9.97. The maximum absolute atomic E-state index is 13.9. The van der Waals surface area contributed by atoms with Gasteiger partial charge in [0.15, 0.2) is 5.78 Å². The molecule has 0 unspecified atom stereocenters. The van der Waals surface area contributed by atoms with Crippen LogP contribution in [-0.4, -0.2) is 50.1 Å². The highest BCUT2D eigenvalue weighted by atomic mass is 32.1. The first-order valence-electron chi connectivity index (χ1n) is 13.6. The quantitative estimate of drug-likeness (QED) is 0.189. The fraction of sp³-hybridized carbons (Fsp3) is 0.344. The SMILES string of the molecule is CCOc1ccc(-c2sc3cc(OCC)ccc3c2C(=O)c2ccc(OCCN3CCCCC3)cc2)cc1. The monoisotopic (exact) mass is 529 g/mol. The van der Waals surface area contributed by atoms with Crippen LogP contribution in [0.25, 0.3) is 20.5 Å². The second-order valence-corrected chi connectivity index (χ2v) is 10.5. The van der Waals surface area contributed by atoms with Crippen LogP contribution in [-0.2, 0) is 0 Å². The molecule has 2 heterocycles. The number of benzene rings is 3. The van der Waals surface area contributed by atoms with Gasteiger partial charge in [0, 0.05) is 32.6 Å². The molecule has 5 rings (SSSR count). The van der Waals surface area contributed by atoms with Gasteiger partial charge in [-0.3, -0.25) is 9.69 Å². The third kappa shape index (κ3) is 6.03. The minimum atomic E-state index is 0.00385. The lowest BCUT2D eigenvalue weighted by molar-refractivity contribution is 0.104. The van der Waals surface area contributed by atoms with E-state index < -0.39 is 0 Å². The Bertz CT molecular complexity index is 1350. The number of hydrogen-bond donors (Lipinski definition) is 0. The molecular formula is C32H35NO4S. The van der Waals surface area contributed by atoms with Crippen LogP contribution in [0.4, 0.5) is 0 Å². The highest BCUT2D eigenvalue weighted by Gasteiger charge is 2.22. The van der Waals surface area contributed by atoms with Crippen molar-refractivity contribution < 1.29 is 19.0 Å². The van der Waals surface area contributed by atoms with E-state index in [2.05, 4.69) is 4.90 Å². The summed E-state index contributed by atoms with van der Waals surface area (Å²) in [6.07, 6.45) is 3.89. The van der Waals surface area contributed by atoms with E-state index in [1.165, 1.54) is 19.3 Å². The molecule has 5 nitrogen and oxygen atoms in total. The zero-order chi connectivity index (χ0) is 26.3. The van der Waals surface area contributed by atoms with Crippen molar-refractivity contribution in [2.75, 3.05) is 39.5 Å². The normalized spacial score (nSPS) is 13.9. The Hall–Kier alpha value is -3.35. The largest absolute Gasteiger partial charge is 0.494 e. The summed E-state index contributed by atoms with van der Waals surface area (Å²) >= 11 is 1.62. The molecule has 38 heavy (non-hydrogen) atoms. The summed E-state index contributed by atoms with van der Waals surface area (Å²) in [6.45, 7) is 9.08. The summed E-state index contributed by atoms with van der Waals surface area (Å²) in [4.78, 5) is 17.3. The van der Waals surface area contributed by atoms with Crippen LogP contribution < -0.4 is 14.2 Å². The Morgan fingerprint density at radius 3 is 2.13 bits per heavy atom. The van der Waals surface area contributed by atoms with Gasteiger partial charge in [-0.1, -0.05) is 6.42 Å². The minimum absolute atomic E-state index is 0.00385. The van der Waals surface area contributed by atoms with Crippen molar-refractivity contribution in [1.82, 2.24) is 4.90 Å². The van der Waals surface area contributed by atoms with Crippen molar-refractivity contribution in [3.63, 3.8) is 0 Å². The molecule has 0 atom stereocenters. The molecule has 0 saturated carbocycles. The molecule has 0 aliphatic carbocycles. The van der Waals surface area contributed by atoms with Crippen LogP contribution in [0.15, 0.2) is 66.7 Å². The first-order valence-corrected chi connectivity index (χ1v) is 14.4. The number of carbonyl (C=O) groups excluding carboxylic acids is 1. The number of piperidine rings is 1. The van der Waals surface area contributed by atoms with Crippen molar-refractivity contribution in [2.45, 2.75) is 33.1 Å². The summed E-state index contributed by atoms with van der Waals surface area (Å²) in [5.41, 5.74) is 2.36. The predicted molar refractivity (Wildman–Crippen MR) is 155 cm³/mol. The molecule has 1 fully saturated rings. The second kappa shape index (κ2) is 12.5. The number of likely N-dealkylation sites (tertiary alicyclic amines) is 1. The number of hydrogen-bond acceptors (Lipinski definition) is 6. The Labute approximate surface area is 229 Å². The van der Waals surface area contributed by atoms with E-state index in [-0.39, 0.29) is 5.78 Å². The third-order valence-corrected chi connectivity index (χ3v) is 8.07. The predicted octanol–water partition coefficient (Wildman–Crippen LogP) is 7.46. The molecule has 0 bridgehead atoms. The van der Waals surface area contributed by atoms with E-state index in [1.807, 2.05) is 80.6 Å². The van der Waals surface area contributed by atoms with E-state index in [9.17, 15) is 4.79 Å². The van der Waals surface area contributed by atoms with Crippen LogP contribution in [0.2, 0.25) is 0 Å². The van der Waals surface area contributed by atoms with Gasteiger partial charge in [0.05, 0.1) is 13.2 Å². The standard InChI is InChI=1S/C32H35NO4S/c1-3-35-25-14-10-24(11-15-25)32-30(28-17-16-27(36-4-2)22-29(28)38-32)31(34)23-8-12-26(13-9-23)37-21-20-33-18-6-5-7-19-33/h8-17,22H,3-7,18-21H2,1-2H3. The highest BCUT2D eigenvalue weighted by Crippen LogP contribution is 2.41. The fourth-order valence-corrected chi connectivity index (χ4v) is 6.19. The molecule has 1 saturated heterocycles. The molecule has 198 valence electrons. The van der Waals surface area contributed by atoms with Gasteiger partial charge in [0.2, 0.25) is 0 Å². The number of thiophene rings is 1. The molecule has 1 aliphatic heterocycles. The summed E-state index contributed by atoms with van der Waals surface area (Å²) in [5, 5.41) is 0.939. The van der Waals surface area contributed by atoms with Crippen molar-refractivity contribution in [2.24, 2.45) is 0 Å². The number of ketones is 1. The molecular weight excluding hydrogens is 494 g/mol. The Kier molecular flexibility index (Phi) is 8.61. The summed E-state index contributed by atoms with van der Waals surface area (Å²) < 4.78 is 18.4. The van der Waals surface area contributed by atoms with Gasteiger partial charge >= 0.3 is 0 Å². The van der Waals surface area contributed by atoms with Gasteiger partial charge in [-0.05, 0) is 112 Å². The van der Waals surface area contributed by atoms with Gasteiger partial charge in [0.1, 0.15) is 23.9 Å². The number of rotatable bonds is 11.